The standard InChI is InChI=1S/C18H24N2O3S2.ClH/c1-2-19-25(22,23)14-17(21)16-13-24-18(20-16)12-8-4-7-11-15-9-5-3-6-10-15;/h3,5-6,9-10,13,19H,2,4,7-8,11-12,14H2,1H3;1H. The number of Topliss-reactive ketones (excluding diaryl/α,β-unsaturated/α-hetero) is 1. The van der Waals surface area contributed by atoms with Gasteiger partial charge in [0.1, 0.15) is 11.4 Å². The average molecular weight is 417 g/mol. The number of ketones is 1. The highest BCUT2D eigenvalue weighted by molar-refractivity contribution is 7.90. The molecule has 0 bridgehead atoms. The number of halogens is 1. The summed E-state index contributed by atoms with van der Waals surface area (Å²) in [5, 5.41) is 2.55. The summed E-state index contributed by atoms with van der Waals surface area (Å²) in [6.45, 7) is 1.96. The van der Waals surface area contributed by atoms with Gasteiger partial charge >= 0.3 is 0 Å². The number of unbranched alkanes of at least 4 members (excludes halogenated alkanes) is 2. The van der Waals surface area contributed by atoms with E-state index in [-0.39, 0.29) is 24.6 Å². The highest BCUT2D eigenvalue weighted by atomic mass is 35.5. The first-order chi connectivity index (χ1) is 12.0. The maximum absolute atomic E-state index is 12.0. The molecular weight excluding hydrogens is 392 g/mol. The van der Waals surface area contributed by atoms with Gasteiger partial charge in [-0.2, -0.15) is 0 Å². The number of sulfonamides is 1. The summed E-state index contributed by atoms with van der Waals surface area (Å²) in [5.41, 5.74) is 1.61. The summed E-state index contributed by atoms with van der Waals surface area (Å²) in [6, 6.07) is 10.4. The first-order valence-electron chi connectivity index (χ1n) is 8.49. The van der Waals surface area contributed by atoms with Gasteiger partial charge in [-0.1, -0.05) is 43.7 Å². The summed E-state index contributed by atoms with van der Waals surface area (Å²) in [6.07, 6.45) is 5.15. The Hall–Kier alpha value is -1.28. The van der Waals surface area contributed by atoms with Gasteiger partial charge in [0, 0.05) is 11.9 Å². The minimum absolute atomic E-state index is 0. The van der Waals surface area contributed by atoms with Crippen molar-refractivity contribution in [2.75, 3.05) is 12.3 Å². The van der Waals surface area contributed by atoms with E-state index in [9.17, 15) is 13.2 Å². The van der Waals surface area contributed by atoms with E-state index in [0.717, 1.165) is 37.1 Å². The molecule has 5 nitrogen and oxygen atoms in total. The predicted octanol–water partition coefficient (Wildman–Crippen LogP) is 3.64. The van der Waals surface area contributed by atoms with Gasteiger partial charge in [0.15, 0.2) is 5.78 Å². The van der Waals surface area contributed by atoms with Gasteiger partial charge in [0.25, 0.3) is 0 Å². The molecule has 0 aliphatic carbocycles. The summed E-state index contributed by atoms with van der Waals surface area (Å²) in [5.74, 6) is -0.992. The zero-order valence-corrected chi connectivity index (χ0v) is 17.3. The van der Waals surface area contributed by atoms with Crippen molar-refractivity contribution < 1.29 is 13.2 Å². The Morgan fingerprint density at radius 2 is 1.81 bits per heavy atom. The van der Waals surface area contributed by atoms with Gasteiger partial charge in [0.05, 0.1) is 5.01 Å². The highest BCUT2D eigenvalue weighted by Crippen LogP contribution is 2.15. The third-order valence-electron chi connectivity index (χ3n) is 3.72. The van der Waals surface area contributed by atoms with Crippen molar-refractivity contribution in [3.63, 3.8) is 0 Å². The van der Waals surface area contributed by atoms with E-state index in [1.54, 1.807) is 12.3 Å². The Balaban J connectivity index is 0.00000338. The van der Waals surface area contributed by atoms with Crippen LogP contribution in [-0.4, -0.2) is 31.5 Å². The van der Waals surface area contributed by atoms with E-state index in [4.69, 9.17) is 0 Å². The molecule has 1 aromatic carbocycles. The predicted molar refractivity (Wildman–Crippen MR) is 109 cm³/mol. The van der Waals surface area contributed by atoms with Crippen LogP contribution in [0.25, 0.3) is 0 Å². The van der Waals surface area contributed by atoms with Crippen molar-refractivity contribution in [3.8, 4) is 0 Å². The molecule has 1 heterocycles. The maximum atomic E-state index is 12.0. The van der Waals surface area contributed by atoms with Crippen LogP contribution in [0.5, 0.6) is 0 Å². The average Bonchev–Trinajstić information content (AvgIpc) is 3.04. The van der Waals surface area contributed by atoms with Gasteiger partial charge in [-0.15, -0.1) is 23.7 Å². The molecule has 0 saturated heterocycles. The number of hydrogen-bond acceptors (Lipinski definition) is 5. The quantitative estimate of drug-likeness (QED) is 0.448. The number of carbonyl (C=O) groups is 1. The smallest absolute Gasteiger partial charge is 0.219 e. The Bertz CT molecular complexity index is 777. The minimum atomic E-state index is -3.56. The van der Waals surface area contributed by atoms with Crippen molar-refractivity contribution >= 4 is 39.6 Å². The van der Waals surface area contributed by atoms with Crippen LogP contribution < -0.4 is 4.72 Å². The highest BCUT2D eigenvalue weighted by Gasteiger charge is 2.19. The Morgan fingerprint density at radius 1 is 1.12 bits per heavy atom. The van der Waals surface area contributed by atoms with E-state index in [1.807, 2.05) is 6.07 Å². The van der Waals surface area contributed by atoms with Crippen molar-refractivity contribution in [2.24, 2.45) is 0 Å². The van der Waals surface area contributed by atoms with Gasteiger partial charge in [-0.05, 0) is 31.2 Å². The molecule has 1 aromatic heterocycles. The lowest BCUT2D eigenvalue weighted by Gasteiger charge is -2.02. The molecular formula is C18H25ClN2O3S2. The molecule has 144 valence electrons. The molecule has 26 heavy (non-hydrogen) atoms. The molecule has 2 aromatic rings. The Morgan fingerprint density at radius 3 is 2.50 bits per heavy atom. The number of aromatic nitrogens is 1. The topological polar surface area (TPSA) is 76.1 Å². The molecule has 0 radical (unpaired) electrons. The lowest BCUT2D eigenvalue weighted by molar-refractivity contribution is 0.101. The fraction of sp³-hybridized carbons (Fsp3) is 0.444. The molecule has 0 fully saturated rings. The van der Waals surface area contributed by atoms with Gasteiger partial charge < -0.3 is 0 Å². The van der Waals surface area contributed by atoms with Crippen LogP contribution in [0.2, 0.25) is 0 Å². The maximum Gasteiger partial charge on any atom is 0.219 e. The van der Waals surface area contributed by atoms with Crippen LogP contribution >= 0.6 is 23.7 Å². The number of hydrogen-bond donors (Lipinski definition) is 1. The van der Waals surface area contributed by atoms with E-state index in [1.165, 1.54) is 16.9 Å². The fourth-order valence-corrected chi connectivity index (χ4v) is 4.38. The monoisotopic (exact) mass is 416 g/mol. The largest absolute Gasteiger partial charge is 0.291 e. The zero-order chi connectivity index (χ0) is 18.1. The van der Waals surface area contributed by atoms with Crippen molar-refractivity contribution in [3.05, 3.63) is 52.0 Å². The van der Waals surface area contributed by atoms with Crippen LogP contribution in [0.4, 0.5) is 0 Å². The summed E-state index contributed by atoms with van der Waals surface area (Å²) >= 11 is 1.42. The number of nitrogens with zero attached hydrogens (tertiary/aromatic N) is 1. The molecule has 0 saturated carbocycles. The molecule has 0 aliphatic heterocycles. The van der Waals surface area contributed by atoms with Crippen molar-refractivity contribution in [2.45, 2.75) is 39.0 Å². The number of aryl methyl sites for hydroxylation is 2. The number of benzene rings is 1. The molecule has 1 N–H and O–H groups in total. The van der Waals surface area contributed by atoms with E-state index in [0.29, 0.717) is 0 Å². The zero-order valence-electron chi connectivity index (χ0n) is 14.8. The third kappa shape index (κ3) is 7.95. The number of nitrogens with one attached hydrogen (secondary N) is 1. The van der Waals surface area contributed by atoms with Crippen LogP contribution in [0.15, 0.2) is 35.7 Å². The molecule has 0 unspecified atom stereocenters. The van der Waals surface area contributed by atoms with Crippen molar-refractivity contribution in [1.29, 1.82) is 0 Å². The normalized spacial score (nSPS) is 11.1. The van der Waals surface area contributed by atoms with Gasteiger partial charge in [-0.25, -0.2) is 18.1 Å². The molecule has 2 rings (SSSR count). The second-order valence-corrected chi connectivity index (χ2v) is 8.60. The number of rotatable bonds is 11. The van der Waals surface area contributed by atoms with E-state index >= 15 is 0 Å². The van der Waals surface area contributed by atoms with Crippen molar-refractivity contribution in [1.82, 2.24) is 9.71 Å². The lowest BCUT2D eigenvalue weighted by atomic mass is 10.1. The summed E-state index contributed by atoms with van der Waals surface area (Å²) in [7, 11) is -3.56. The minimum Gasteiger partial charge on any atom is -0.291 e. The molecule has 0 aliphatic rings. The second kappa shape index (κ2) is 11.4. The number of thiazole rings is 1. The van der Waals surface area contributed by atoms with E-state index in [2.05, 4.69) is 34.0 Å². The van der Waals surface area contributed by atoms with E-state index < -0.39 is 21.6 Å². The Labute approximate surface area is 165 Å². The summed E-state index contributed by atoms with van der Waals surface area (Å²) < 4.78 is 25.6. The Kier molecular flexibility index (Phi) is 10.0. The molecule has 0 spiro atoms. The van der Waals surface area contributed by atoms with Gasteiger partial charge in [0.2, 0.25) is 10.0 Å². The lowest BCUT2D eigenvalue weighted by Crippen LogP contribution is -2.30. The van der Waals surface area contributed by atoms with Gasteiger partial charge in [-0.3, -0.25) is 4.79 Å². The second-order valence-electron chi connectivity index (χ2n) is 5.85. The van der Waals surface area contributed by atoms with Crippen LogP contribution in [-0.2, 0) is 22.9 Å². The summed E-state index contributed by atoms with van der Waals surface area (Å²) in [4.78, 5) is 16.3. The van der Waals surface area contributed by atoms with Crippen LogP contribution in [0, 0.1) is 0 Å². The van der Waals surface area contributed by atoms with Crippen LogP contribution in [0.1, 0.15) is 47.2 Å². The molecule has 8 heteroatoms. The molecule has 0 amide bonds. The first kappa shape index (κ1) is 22.8. The molecule has 0 atom stereocenters. The number of carbonyl (C=O) groups excluding carboxylic acids is 1. The third-order valence-corrected chi connectivity index (χ3v) is 6.00. The SMILES string of the molecule is CCNS(=O)(=O)CC(=O)c1csc(CCCCCc2ccccc2)n1.Cl. The van der Waals surface area contributed by atoms with Crippen LogP contribution in [0.3, 0.4) is 0 Å². The first-order valence-corrected chi connectivity index (χ1v) is 11.0. The fourth-order valence-electron chi connectivity index (χ4n) is 2.50.